The third-order valence-electron chi connectivity index (χ3n) is 3.78. The number of methoxy groups -OCH3 is 1. The molecule has 150 valence electrons. The molecule has 0 aliphatic heterocycles. The molecular weight excluding hydrogens is 389 g/mol. The molecule has 0 saturated carbocycles. The normalized spacial score (nSPS) is 11.1. The fourth-order valence-electron chi connectivity index (χ4n) is 2.28. The minimum atomic E-state index is -3.74. The van der Waals surface area contributed by atoms with Gasteiger partial charge >= 0.3 is 5.97 Å². The van der Waals surface area contributed by atoms with Crippen molar-refractivity contribution in [2.24, 2.45) is 0 Å². The summed E-state index contributed by atoms with van der Waals surface area (Å²) in [6.45, 7) is 1.04. The molecule has 0 atom stereocenters. The van der Waals surface area contributed by atoms with Crippen molar-refractivity contribution in [2.75, 3.05) is 20.3 Å². The van der Waals surface area contributed by atoms with E-state index in [4.69, 9.17) is 9.47 Å². The van der Waals surface area contributed by atoms with Crippen LogP contribution in [0.15, 0.2) is 47.4 Å². The van der Waals surface area contributed by atoms with Gasteiger partial charge in [-0.1, -0.05) is 17.7 Å². The van der Waals surface area contributed by atoms with Gasteiger partial charge in [-0.05, 0) is 37.3 Å². The molecule has 0 fully saturated rings. The van der Waals surface area contributed by atoms with Crippen molar-refractivity contribution in [1.29, 1.82) is 0 Å². The topological polar surface area (TPSA) is 98.8 Å². The Morgan fingerprint density at radius 2 is 1.79 bits per heavy atom. The predicted molar refractivity (Wildman–Crippen MR) is 99.2 cm³/mol. The van der Waals surface area contributed by atoms with Crippen LogP contribution in [0, 0.1) is 12.7 Å². The number of ether oxygens (including phenoxy) is 2. The summed E-state index contributed by atoms with van der Waals surface area (Å²) in [7, 11) is -2.41. The predicted octanol–water partition coefficient (Wildman–Crippen LogP) is 2.24. The van der Waals surface area contributed by atoms with Crippen LogP contribution < -0.4 is 9.46 Å². The van der Waals surface area contributed by atoms with Gasteiger partial charge in [-0.2, -0.15) is 0 Å². The van der Waals surface area contributed by atoms with Gasteiger partial charge in [0.15, 0.2) is 6.61 Å². The molecule has 0 aromatic heterocycles. The van der Waals surface area contributed by atoms with Crippen molar-refractivity contribution in [3.63, 3.8) is 0 Å². The summed E-state index contributed by atoms with van der Waals surface area (Å²) in [5.74, 6) is -1.87. The molecule has 0 aliphatic rings. The smallest absolute Gasteiger partial charge is 0.307 e. The van der Waals surface area contributed by atoms with Crippen molar-refractivity contribution >= 4 is 21.8 Å². The first-order valence-corrected chi connectivity index (χ1v) is 9.80. The highest BCUT2D eigenvalue weighted by Gasteiger charge is 2.17. The molecule has 0 saturated heterocycles. The van der Waals surface area contributed by atoms with E-state index < -0.39 is 34.2 Å². The molecule has 2 aromatic rings. The molecule has 28 heavy (non-hydrogen) atoms. The molecule has 0 bridgehead atoms. The molecule has 1 N–H and O–H groups in total. The van der Waals surface area contributed by atoms with E-state index in [0.29, 0.717) is 0 Å². The number of ketones is 1. The molecule has 9 heteroatoms. The van der Waals surface area contributed by atoms with E-state index in [1.807, 2.05) is 6.92 Å². The van der Waals surface area contributed by atoms with Crippen LogP contribution in [-0.4, -0.2) is 40.4 Å². The summed E-state index contributed by atoms with van der Waals surface area (Å²) in [6, 6.07) is 9.67. The van der Waals surface area contributed by atoms with Crippen LogP contribution >= 0.6 is 0 Å². The molecule has 7 nitrogen and oxygen atoms in total. The number of Topliss-reactive ketones (excluding diaryl/α,β-unsaturated/α-hetero) is 1. The minimum absolute atomic E-state index is 0.0460. The number of nitrogens with one attached hydrogen (secondary N) is 1. The SMILES string of the molecule is COc1ccc(F)cc1C(=O)COC(=O)CCNS(=O)(=O)c1ccc(C)cc1. The summed E-state index contributed by atoms with van der Waals surface area (Å²) in [4.78, 5) is 23.9. The lowest BCUT2D eigenvalue weighted by Crippen LogP contribution is -2.27. The standard InChI is InChI=1S/C19H20FNO6S/c1-13-3-6-15(7-4-13)28(24,25)21-10-9-19(23)27-12-17(22)16-11-14(20)5-8-18(16)26-2/h3-8,11,21H,9-10,12H2,1-2H3. The fourth-order valence-corrected chi connectivity index (χ4v) is 3.31. The van der Waals surface area contributed by atoms with E-state index in [9.17, 15) is 22.4 Å². The number of hydrogen-bond acceptors (Lipinski definition) is 6. The zero-order valence-corrected chi connectivity index (χ0v) is 16.2. The van der Waals surface area contributed by atoms with Crippen LogP contribution in [0.5, 0.6) is 5.75 Å². The number of halogens is 1. The van der Waals surface area contributed by atoms with E-state index in [1.54, 1.807) is 12.1 Å². The van der Waals surface area contributed by atoms with E-state index in [-0.39, 0.29) is 29.2 Å². The Balaban J connectivity index is 1.84. The maximum Gasteiger partial charge on any atom is 0.307 e. The van der Waals surface area contributed by atoms with Gasteiger partial charge in [0.1, 0.15) is 11.6 Å². The maximum absolute atomic E-state index is 13.3. The number of benzene rings is 2. The number of aryl methyl sites for hydroxylation is 1. The van der Waals surface area contributed by atoms with Crippen molar-refractivity contribution in [3.05, 3.63) is 59.4 Å². The highest BCUT2D eigenvalue weighted by molar-refractivity contribution is 7.89. The molecule has 0 radical (unpaired) electrons. The lowest BCUT2D eigenvalue weighted by Gasteiger charge is -2.09. The Kier molecular flexibility index (Phi) is 7.24. The number of esters is 1. The highest BCUT2D eigenvalue weighted by atomic mass is 32.2. The number of sulfonamides is 1. The van der Waals surface area contributed by atoms with Crippen molar-refractivity contribution in [3.8, 4) is 5.75 Å². The number of rotatable bonds is 9. The summed E-state index contributed by atoms with van der Waals surface area (Å²) in [5, 5.41) is 0. The quantitative estimate of drug-likeness (QED) is 0.504. The lowest BCUT2D eigenvalue weighted by molar-refractivity contribution is -0.142. The van der Waals surface area contributed by atoms with E-state index in [1.165, 1.54) is 25.3 Å². The summed E-state index contributed by atoms with van der Waals surface area (Å²) in [6.07, 6.45) is -0.265. The third-order valence-corrected chi connectivity index (χ3v) is 5.26. The number of carbonyl (C=O) groups excluding carboxylic acids is 2. The molecule has 0 heterocycles. The average Bonchev–Trinajstić information content (AvgIpc) is 2.66. The first-order valence-electron chi connectivity index (χ1n) is 8.31. The Morgan fingerprint density at radius 1 is 1.11 bits per heavy atom. The van der Waals surface area contributed by atoms with Gasteiger partial charge in [-0.15, -0.1) is 0 Å². The monoisotopic (exact) mass is 409 g/mol. The van der Waals surface area contributed by atoms with Crippen molar-refractivity contribution in [1.82, 2.24) is 4.72 Å². The molecule has 0 unspecified atom stereocenters. The second kappa shape index (κ2) is 9.43. The van der Waals surface area contributed by atoms with E-state index in [0.717, 1.165) is 17.7 Å². The second-order valence-electron chi connectivity index (χ2n) is 5.89. The van der Waals surface area contributed by atoms with Gasteiger partial charge in [0.2, 0.25) is 15.8 Å². The lowest BCUT2D eigenvalue weighted by atomic mass is 10.1. The molecule has 2 aromatic carbocycles. The van der Waals surface area contributed by atoms with Crippen LogP contribution in [0.1, 0.15) is 22.3 Å². The summed E-state index contributed by atoms with van der Waals surface area (Å²) in [5.41, 5.74) is 0.873. The van der Waals surface area contributed by atoms with E-state index in [2.05, 4.69) is 4.72 Å². The van der Waals surface area contributed by atoms with Gasteiger partial charge in [0.25, 0.3) is 0 Å². The van der Waals surface area contributed by atoms with Crippen LogP contribution in [0.3, 0.4) is 0 Å². The zero-order valence-electron chi connectivity index (χ0n) is 15.4. The average molecular weight is 409 g/mol. The van der Waals surface area contributed by atoms with Crippen LogP contribution in [-0.2, 0) is 19.6 Å². The third kappa shape index (κ3) is 5.86. The molecule has 0 spiro atoms. The first kappa shape index (κ1) is 21.5. The second-order valence-corrected chi connectivity index (χ2v) is 7.66. The zero-order chi connectivity index (χ0) is 20.7. The summed E-state index contributed by atoms with van der Waals surface area (Å²) < 4.78 is 49.6. The first-order chi connectivity index (χ1) is 13.2. The number of carbonyl (C=O) groups is 2. The van der Waals surface area contributed by atoms with Crippen molar-refractivity contribution in [2.45, 2.75) is 18.2 Å². The Morgan fingerprint density at radius 3 is 2.43 bits per heavy atom. The Hall–Kier alpha value is -2.78. The van der Waals surface area contributed by atoms with Gasteiger partial charge in [-0.3, -0.25) is 9.59 Å². The van der Waals surface area contributed by atoms with Gasteiger partial charge in [0.05, 0.1) is 24.0 Å². The van der Waals surface area contributed by atoms with Gasteiger partial charge in [0, 0.05) is 6.54 Å². The maximum atomic E-state index is 13.3. The van der Waals surface area contributed by atoms with Gasteiger partial charge in [-0.25, -0.2) is 17.5 Å². The molecular formula is C19H20FNO6S. The Bertz CT molecular complexity index is 957. The number of hydrogen-bond donors (Lipinski definition) is 1. The molecule has 2 rings (SSSR count). The van der Waals surface area contributed by atoms with Crippen LogP contribution in [0.4, 0.5) is 4.39 Å². The van der Waals surface area contributed by atoms with Crippen LogP contribution in [0.2, 0.25) is 0 Å². The highest BCUT2D eigenvalue weighted by Crippen LogP contribution is 2.20. The molecule has 0 amide bonds. The Labute approximate surface area is 162 Å². The minimum Gasteiger partial charge on any atom is -0.496 e. The largest absolute Gasteiger partial charge is 0.496 e. The fraction of sp³-hybridized carbons (Fsp3) is 0.263. The van der Waals surface area contributed by atoms with Gasteiger partial charge < -0.3 is 9.47 Å². The van der Waals surface area contributed by atoms with Crippen LogP contribution in [0.25, 0.3) is 0 Å². The van der Waals surface area contributed by atoms with E-state index >= 15 is 0 Å². The van der Waals surface area contributed by atoms with Crippen molar-refractivity contribution < 1.29 is 31.9 Å². The summed E-state index contributed by atoms with van der Waals surface area (Å²) >= 11 is 0. The molecule has 0 aliphatic carbocycles.